The molecule has 1 atom stereocenters. The van der Waals surface area contributed by atoms with E-state index in [9.17, 15) is 4.39 Å². The third-order valence-corrected chi connectivity index (χ3v) is 2.75. The molecule has 4 heteroatoms. The summed E-state index contributed by atoms with van der Waals surface area (Å²) in [5.74, 6) is -0.195. The van der Waals surface area contributed by atoms with E-state index in [0.717, 1.165) is 0 Å². The van der Waals surface area contributed by atoms with Crippen LogP contribution in [0.15, 0.2) is 24.3 Å². The Morgan fingerprint density at radius 2 is 2.06 bits per heavy atom. The van der Waals surface area contributed by atoms with Crippen LogP contribution in [0.3, 0.4) is 0 Å². The highest BCUT2D eigenvalue weighted by Gasteiger charge is 2.23. The minimum atomic E-state index is -0.225. The molecule has 1 fully saturated rings. The van der Waals surface area contributed by atoms with Crippen molar-refractivity contribution >= 4 is 0 Å². The van der Waals surface area contributed by atoms with Gasteiger partial charge in [0.1, 0.15) is 5.82 Å². The van der Waals surface area contributed by atoms with Gasteiger partial charge >= 0.3 is 0 Å². The van der Waals surface area contributed by atoms with Crippen LogP contribution in [0.5, 0.6) is 0 Å². The zero-order valence-corrected chi connectivity index (χ0v) is 9.28. The van der Waals surface area contributed by atoms with Crippen molar-refractivity contribution < 1.29 is 13.9 Å². The second kappa shape index (κ2) is 5.39. The average Bonchev–Trinajstić information content (AvgIpc) is 2.80. The average molecular weight is 225 g/mol. The number of ether oxygens (including phenoxy) is 2. The maximum absolute atomic E-state index is 13.6. The van der Waals surface area contributed by atoms with Crippen molar-refractivity contribution in [3.05, 3.63) is 35.6 Å². The lowest BCUT2D eigenvalue weighted by molar-refractivity contribution is -0.0527. The van der Waals surface area contributed by atoms with E-state index in [1.807, 2.05) is 13.1 Å². The molecule has 3 nitrogen and oxygen atoms in total. The summed E-state index contributed by atoms with van der Waals surface area (Å²) in [4.78, 5) is 0. The molecular formula is C12H16FNO2. The Bertz CT molecular complexity index is 340. The van der Waals surface area contributed by atoms with Crippen LogP contribution in [0.2, 0.25) is 0 Å². The lowest BCUT2D eigenvalue weighted by Crippen LogP contribution is -2.23. The van der Waals surface area contributed by atoms with Crippen LogP contribution in [-0.4, -0.2) is 26.6 Å². The molecule has 1 saturated heterocycles. The van der Waals surface area contributed by atoms with E-state index >= 15 is 0 Å². The molecule has 0 amide bonds. The third-order valence-electron chi connectivity index (χ3n) is 2.75. The lowest BCUT2D eigenvalue weighted by Gasteiger charge is -2.20. The fourth-order valence-electron chi connectivity index (χ4n) is 1.89. The first-order valence-corrected chi connectivity index (χ1v) is 5.46. The Kier molecular flexibility index (Phi) is 3.88. The Morgan fingerprint density at radius 3 is 2.69 bits per heavy atom. The van der Waals surface area contributed by atoms with Crippen LogP contribution in [0, 0.1) is 5.82 Å². The monoisotopic (exact) mass is 225 g/mol. The smallest absolute Gasteiger partial charge is 0.159 e. The zero-order chi connectivity index (χ0) is 11.4. The van der Waals surface area contributed by atoms with Gasteiger partial charge in [-0.2, -0.15) is 0 Å². The molecule has 2 rings (SSSR count). The largest absolute Gasteiger partial charge is 0.350 e. The summed E-state index contributed by atoms with van der Waals surface area (Å²) in [6.07, 6.45) is 0.398. The van der Waals surface area contributed by atoms with Crippen molar-refractivity contribution in [3.8, 4) is 0 Å². The van der Waals surface area contributed by atoms with E-state index in [4.69, 9.17) is 9.47 Å². The van der Waals surface area contributed by atoms with E-state index in [0.29, 0.717) is 25.2 Å². The molecule has 1 N–H and O–H groups in total. The van der Waals surface area contributed by atoms with Gasteiger partial charge in [-0.3, -0.25) is 0 Å². The van der Waals surface area contributed by atoms with Gasteiger partial charge in [0.05, 0.1) is 13.2 Å². The predicted molar refractivity (Wildman–Crippen MR) is 58.5 cm³/mol. The van der Waals surface area contributed by atoms with Crippen LogP contribution in [0.4, 0.5) is 4.39 Å². The molecule has 0 bridgehead atoms. The maximum atomic E-state index is 13.6. The highest BCUT2D eigenvalue weighted by Crippen LogP contribution is 2.23. The van der Waals surface area contributed by atoms with Gasteiger partial charge in [0.15, 0.2) is 6.29 Å². The number of hydrogen-bond donors (Lipinski definition) is 1. The summed E-state index contributed by atoms with van der Waals surface area (Å²) in [6.45, 7) is 1.25. The quantitative estimate of drug-likeness (QED) is 0.848. The summed E-state index contributed by atoms with van der Waals surface area (Å²) in [7, 11) is 1.81. The highest BCUT2D eigenvalue weighted by molar-refractivity contribution is 5.21. The number of halogens is 1. The topological polar surface area (TPSA) is 30.5 Å². The molecule has 1 aliphatic rings. The first-order chi connectivity index (χ1) is 7.81. The lowest BCUT2D eigenvalue weighted by atomic mass is 10.0. The van der Waals surface area contributed by atoms with E-state index < -0.39 is 0 Å². The fourth-order valence-corrected chi connectivity index (χ4v) is 1.89. The molecule has 1 unspecified atom stereocenters. The Balaban J connectivity index is 2.06. The fraction of sp³-hybridized carbons (Fsp3) is 0.500. The molecular weight excluding hydrogens is 209 g/mol. The molecule has 88 valence electrons. The second-order valence-corrected chi connectivity index (χ2v) is 3.77. The second-order valence-electron chi connectivity index (χ2n) is 3.77. The molecule has 0 aliphatic carbocycles. The molecule has 16 heavy (non-hydrogen) atoms. The van der Waals surface area contributed by atoms with Crippen molar-refractivity contribution in [2.45, 2.75) is 18.8 Å². The summed E-state index contributed by atoms with van der Waals surface area (Å²) in [5, 5.41) is 3.09. The maximum Gasteiger partial charge on any atom is 0.159 e. The minimum absolute atomic E-state index is 0.0794. The molecule has 1 heterocycles. The molecule has 1 aliphatic heterocycles. The van der Waals surface area contributed by atoms with Crippen molar-refractivity contribution in [1.29, 1.82) is 0 Å². The van der Waals surface area contributed by atoms with Crippen molar-refractivity contribution in [1.82, 2.24) is 5.32 Å². The standard InChI is InChI=1S/C12H16FNO2/c1-14-11(8-12-15-6-7-16-12)9-4-2-3-5-10(9)13/h2-5,11-12,14H,6-8H2,1H3. The normalized spacial score (nSPS) is 18.9. The summed E-state index contributed by atoms with van der Waals surface area (Å²) < 4.78 is 24.3. The van der Waals surface area contributed by atoms with E-state index in [2.05, 4.69) is 5.32 Å². The van der Waals surface area contributed by atoms with Crippen LogP contribution in [0.25, 0.3) is 0 Å². The SMILES string of the molecule is CNC(CC1OCCO1)c1ccccc1F. The highest BCUT2D eigenvalue weighted by atomic mass is 19.1. The van der Waals surface area contributed by atoms with Gasteiger partial charge in [-0.05, 0) is 13.1 Å². The van der Waals surface area contributed by atoms with Crippen molar-refractivity contribution in [2.75, 3.05) is 20.3 Å². The minimum Gasteiger partial charge on any atom is -0.350 e. The van der Waals surface area contributed by atoms with Gasteiger partial charge in [0.2, 0.25) is 0 Å². The van der Waals surface area contributed by atoms with Gasteiger partial charge in [-0.25, -0.2) is 4.39 Å². The van der Waals surface area contributed by atoms with E-state index in [1.54, 1.807) is 12.1 Å². The van der Waals surface area contributed by atoms with E-state index in [1.165, 1.54) is 6.07 Å². The Hall–Kier alpha value is -0.970. The molecule has 0 aromatic heterocycles. The van der Waals surface area contributed by atoms with Crippen LogP contribution in [-0.2, 0) is 9.47 Å². The molecule has 1 aromatic rings. The number of nitrogens with one attached hydrogen (secondary N) is 1. The first-order valence-electron chi connectivity index (χ1n) is 5.46. The van der Waals surface area contributed by atoms with Gasteiger partial charge in [-0.15, -0.1) is 0 Å². The summed E-state index contributed by atoms with van der Waals surface area (Å²) in [6, 6.07) is 6.69. The van der Waals surface area contributed by atoms with Gasteiger partial charge in [0.25, 0.3) is 0 Å². The predicted octanol–water partition coefficient (Wildman–Crippen LogP) is 1.85. The zero-order valence-electron chi connectivity index (χ0n) is 9.28. The van der Waals surface area contributed by atoms with Gasteiger partial charge < -0.3 is 14.8 Å². The van der Waals surface area contributed by atoms with Gasteiger partial charge in [-0.1, -0.05) is 18.2 Å². The molecule has 0 spiro atoms. The van der Waals surface area contributed by atoms with Crippen molar-refractivity contribution in [3.63, 3.8) is 0 Å². The van der Waals surface area contributed by atoms with Crippen molar-refractivity contribution in [2.24, 2.45) is 0 Å². The van der Waals surface area contributed by atoms with E-state index in [-0.39, 0.29) is 18.1 Å². The Morgan fingerprint density at radius 1 is 1.38 bits per heavy atom. The molecule has 0 saturated carbocycles. The number of rotatable bonds is 4. The Labute approximate surface area is 94.6 Å². The first kappa shape index (κ1) is 11.5. The third kappa shape index (κ3) is 2.58. The van der Waals surface area contributed by atoms with Crippen LogP contribution >= 0.6 is 0 Å². The number of benzene rings is 1. The van der Waals surface area contributed by atoms with Crippen LogP contribution in [0.1, 0.15) is 18.0 Å². The van der Waals surface area contributed by atoms with Crippen LogP contribution < -0.4 is 5.32 Å². The van der Waals surface area contributed by atoms with Gasteiger partial charge in [0, 0.05) is 18.0 Å². The molecule has 0 radical (unpaired) electrons. The summed E-state index contributed by atoms with van der Waals surface area (Å²) >= 11 is 0. The number of hydrogen-bond acceptors (Lipinski definition) is 3. The summed E-state index contributed by atoms with van der Waals surface area (Å²) in [5.41, 5.74) is 0.657. The molecule has 1 aromatic carbocycles.